The van der Waals surface area contributed by atoms with Crippen molar-refractivity contribution >= 4 is 51.2 Å². The van der Waals surface area contributed by atoms with Gasteiger partial charge in [0.15, 0.2) is 5.82 Å². The van der Waals surface area contributed by atoms with E-state index in [0.29, 0.717) is 29.9 Å². The molecule has 9 rings (SSSR count). The number of phenols is 1. The maximum atomic E-state index is 12.8. The topological polar surface area (TPSA) is 172 Å². The lowest BCUT2D eigenvalue weighted by molar-refractivity contribution is -0.135. The number of fused-ring (bicyclic) bond motifs is 5. The van der Waals surface area contributed by atoms with Crippen molar-refractivity contribution < 1.29 is 14.7 Å². The number of pyridine rings is 1. The van der Waals surface area contributed by atoms with Gasteiger partial charge in [-0.25, -0.2) is 15.0 Å². The van der Waals surface area contributed by atoms with Gasteiger partial charge in [-0.2, -0.15) is 0 Å². The Morgan fingerprint density at radius 2 is 1.67 bits per heavy atom. The number of hydrogen-bond acceptors (Lipinski definition) is 12. The predicted octanol–water partition coefficient (Wildman–Crippen LogP) is 5.06. The van der Waals surface area contributed by atoms with E-state index in [0.717, 1.165) is 104 Å². The second kappa shape index (κ2) is 15.4. The molecule has 3 unspecified atom stereocenters. The van der Waals surface area contributed by atoms with Crippen LogP contribution in [0.1, 0.15) is 55.7 Å². The Morgan fingerprint density at radius 1 is 0.860 bits per heavy atom. The Morgan fingerprint density at radius 3 is 2.46 bits per heavy atom. The van der Waals surface area contributed by atoms with E-state index in [1.54, 1.807) is 18.3 Å². The molecule has 3 aliphatic rings. The summed E-state index contributed by atoms with van der Waals surface area (Å²) < 4.78 is 2.00. The standard InChI is InChI=1S/C43H47N11O3/c1-51(19-5-4-7-27-11-14-35-33(21-27)31-9-6-18-45-41(31)54(35)36-15-16-39(56)48-42(36)57)20-17-28-23-46-43(47-24-28)53-29-12-13-30(53)26-52(25-29)37-22-34(49-50-40(37)44)32-8-2-3-10-38(32)55/h2-3,6,8-11,14,18,21-24,29-30,36,55H,4-5,7,12-13,15-17,19-20,25-26H2,1H3,(H2,44,50)(H,48,56,57). The van der Waals surface area contributed by atoms with Crippen molar-refractivity contribution in [1.82, 2.24) is 39.9 Å². The number of anilines is 3. The van der Waals surface area contributed by atoms with E-state index in [-0.39, 0.29) is 29.6 Å². The second-order valence-electron chi connectivity index (χ2n) is 15.7. The van der Waals surface area contributed by atoms with Crippen LogP contribution in [0.5, 0.6) is 5.75 Å². The number of nitrogens with one attached hydrogen (secondary N) is 1. The molecule has 0 radical (unpaired) electrons. The van der Waals surface area contributed by atoms with Gasteiger partial charge in [-0.05, 0) is 112 Å². The summed E-state index contributed by atoms with van der Waals surface area (Å²) in [4.78, 5) is 46.0. The van der Waals surface area contributed by atoms with Crippen LogP contribution in [0.2, 0.25) is 0 Å². The Labute approximate surface area is 330 Å². The van der Waals surface area contributed by atoms with Crippen molar-refractivity contribution in [3.8, 4) is 17.0 Å². The van der Waals surface area contributed by atoms with Crippen LogP contribution >= 0.6 is 0 Å². The van der Waals surface area contributed by atoms with Crippen LogP contribution in [0.3, 0.4) is 0 Å². The van der Waals surface area contributed by atoms with E-state index in [2.05, 4.69) is 66.5 Å². The zero-order valence-electron chi connectivity index (χ0n) is 32.1. The van der Waals surface area contributed by atoms with Gasteiger partial charge in [0, 0.05) is 73.1 Å². The SMILES string of the molecule is CN(CCCCc1ccc2c(c1)c1cccnc1n2C1CCC(=O)NC1=O)CCc1cnc(N2C3CCC2CN(c2cc(-c4ccccc4O)nnc2N)C3)nc1. The monoisotopic (exact) mass is 765 g/mol. The van der Waals surface area contributed by atoms with E-state index in [9.17, 15) is 14.7 Å². The predicted molar refractivity (Wildman–Crippen MR) is 220 cm³/mol. The number of rotatable bonds is 12. The molecular weight excluding hydrogens is 719 g/mol. The molecule has 3 saturated heterocycles. The Kier molecular flexibility index (Phi) is 9.87. The molecule has 3 atom stereocenters. The third kappa shape index (κ3) is 7.21. The first-order valence-electron chi connectivity index (χ1n) is 20.0. The summed E-state index contributed by atoms with van der Waals surface area (Å²) >= 11 is 0. The molecule has 2 amide bonds. The number of hydrogen-bond donors (Lipinski definition) is 3. The molecule has 7 heterocycles. The number of para-hydroxylation sites is 1. The zero-order valence-corrected chi connectivity index (χ0v) is 32.1. The number of phenolic OH excluding ortho intramolecular Hbond substituents is 1. The number of unbranched alkanes of at least 4 members (excludes halogenated alkanes) is 1. The van der Waals surface area contributed by atoms with Crippen LogP contribution in [0.15, 0.2) is 79.3 Å². The number of aromatic nitrogens is 6. The van der Waals surface area contributed by atoms with Crippen molar-refractivity contribution in [1.29, 1.82) is 0 Å². The largest absolute Gasteiger partial charge is 0.507 e. The molecule has 292 valence electrons. The lowest BCUT2D eigenvalue weighted by Gasteiger charge is -2.42. The molecule has 0 spiro atoms. The molecule has 2 bridgehead atoms. The minimum Gasteiger partial charge on any atom is -0.507 e. The number of benzene rings is 2. The highest BCUT2D eigenvalue weighted by molar-refractivity contribution is 6.09. The van der Waals surface area contributed by atoms with Crippen molar-refractivity contribution in [3.05, 3.63) is 90.4 Å². The fourth-order valence-corrected chi connectivity index (χ4v) is 8.97. The van der Waals surface area contributed by atoms with Gasteiger partial charge in [0.05, 0.1) is 16.9 Å². The van der Waals surface area contributed by atoms with Gasteiger partial charge >= 0.3 is 0 Å². The maximum Gasteiger partial charge on any atom is 0.249 e. The number of nitrogen functional groups attached to an aromatic ring is 1. The minimum atomic E-state index is -0.453. The van der Waals surface area contributed by atoms with E-state index in [1.165, 1.54) is 5.56 Å². The van der Waals surface area contributed by atoms with Crippen molar-refractivity contribution in [2.45, 2.75) is 69.5 Å². The Bertz CT molecular complexity index is 2440. The number of nitrogens with two attached hydrogens (primary N) is 1. The van der Waals surface area contributed by atoms with Gasteiger partial charge in [-0.15, -0.1) is 10.2 Å². The lowest BCUT2D eigenvalue weighted by Crippen LogP contribution is -2.54. The normalized spacial score (nSPS) is 19.6. The minimum absolute atomic E-state index is 0.164. The van der Waals surface area contributed by atoms with Gasteiger partial charge in [0.1, 0.15) is 17.4 Å². The summed E-state index contributed by atoms with van der Waals surface area (Å²) in [5, 5.41) is 23.5. The number of aromatic hydroxyl groups is 1. The third-order valence-electron chi connectivity index (χ3n) is 11.9. The molecule has 57 heavy (non-hydrogen) atoms. The number of imide groups is 1. The van der Waals surface area contributed by atoms with Gasteiger partial charge < -0.3 is 30.1 Å². The molecule has 0 saturated carbocycles. The highest BCUT2D eigenvalue weighted by atomic mass is 16.3. The van der Waals surface area contributed by atoms with Gasteiger partial charge in [-0.1, -0.05) is 18.2 Å². The number of piperazine rings is 1. The van der Waals surface area contributed by atoms with Crippen molar-refractivity contribution in [2.75, 3.05) is 48.8 Å². The van der Waals surface area contributed by atoms with E-state index >= 15 is 0 Å². The Balaban J connectivity index is 0.766. The fraction of sp³-hybridized carbons (Fsp3) is 0.372. The number of amides is 2. The fourth-order valence-electron chi connectivity index (χ4n) is 8.97. The first kappa shape index (κ1) is 36.5. The van der Waals surface area contributed by atoms with Crippen molar-refractivity contribution in [3.63, 3.8) is 0 Å². The summed E-state index contributed by atoms with van der Waals surface area (Å²) in [6.07, 6.45) is 12.6. The summed E-state index contributed by atoms with van der Waals surface area (Å²) in [5.41, 5.74) is 12.5. The molecule has 14 heteroatoms. The maximum absolute atomic E-state index is 12.8. The van der Waals surface area contributed by atoms with Gasteiger partial charge in [-0.3, -0.25) is 14.9 Å². The number of nitrogens with zero attached hydrogens (tertiary/aromatic N) is 9. The summed E-state index contributed by atoms with van der Waals surface area (Å²) in [6, 6.07) is 19.6. The van der Waals surface area contributed by atoms with Gasteiger partial charge in [0.2, 0.25) is 17.8 Å². The molecule has 3 fully saturated rings. The Hall–Kier alpha value is -6.15. The average molecular weight is 766 g/mol. The van der Waals surface area contributed by atoms with Crippen LogP contribution in [-0.4, -0.2) is 96.8 Å². The van der Waals surface area contributed by atoms with Crippen molar-refractivity contribution in [2.24, 2.45) is 0 Å². The second-order valence-corrected chi connectivity index (χ2v) is 15.7. The number of aryl methyl sites for hydroxylation is 1. The van der Waals surface area contributed by atoms with E-state index in [4.69, 9.17) is 15.7 Å². The molecule has 4 aromatic heterocycles. The quantitative estimate of drug-likeness (QED) is 0.112. The van der Waals surface area contributed by atoms with E-state index < -0.39 is 6.04 Å². The first-order chi connectivity index (χ1) is 27.8. The van der Waals surface area contributed by atoms with Gasteiger partial charge in [0.25, 0.3) is 0 Å². The van der Waals surface area contributed by atoms with Crippen LogP contribution in [0, 0.1) is 0 Å². The summed E-state index contributed by atoms with van der Waals surface area (Å²) in [6.45, 7) is 3.49. The number of likely N-dealkylation sites (N-methyl/N-ethyl adjacent to an activating group) is 1. The molecule has 3 aliphatic heterocycles. The van der Waals surface area contributed by atoms with Crippen LogP contribution in [0.4, 0.5) is 17.5 Å². The molecule has 14 nitrogen and oxygen atoms in total. The average Bonchev–Trinajstić information content (AvgIpc) is 3.68. The number of carbonyl (C=O) groups is 2. The van der Waals surface area contributed by atoms with Crippen LogP contribution in [0.25, 0.3) is 33.2 Å². The molecule has 4 N–H and O–H groups in total. The first-order valence-corrected chi connectivity index (χ1v) is 20.0. The smallest absolute Gasteiger partial charge is 0.249 e. The highest BCUT2D eigenvalue weighted by Gasteiger charge is 2.42. The molecule has 0 aliphatic carbocycles. The number of piperidine rings is 1. The third-order valence-corrected chi connectivity index (χ3v) is 11.9. The lowest BCUT2D eigenvalue weighted by atomic mass is 10.0. The van der Waals surface area contributed by atoms with Crippen LogP contribution in [-0.2, 0) is 22.4 Å². The van der Waals surface area contributed by atoms with E-state index in [1.807, 2.05) is 41.2 Å². The number of carbonyl (C=O) groups excluding carboxylic acids is 2. The molecule has 6 aromatic rings. The highest BCUT2D eigenvalue weighted by Crippen LogP contribution is 2.38. The summed E-state index contributed by atoms with van der Waals surface area (Å²) in [7, 11) is 2.17. The zero-order chi connectivity index (χ0) is 39.0. The molecule has 2 aromatic carbocycles. The molecular formula is C43H47N11O3. The van der Waals surface area contributed by atoms with Crippen LogP contribution < -0.4 is 20.9 Å². The summed E-state index contributed by atoms with van der Waals surface area (Å²) in [5.74, 6) is 0.851.